The molecule has 1 unspecified atom stereocenters. The Labute approximate surface area is 173 Å². The van der Waals surface area contributed by atoms with Crippen molar-refractivity contribution in [1.29, 1.82) is 0 Å². The quantitative estimate of drug-likeness (QED) is 0.658. The first-order valence-electron chi connectivity index (χ1n) is 10.0. The zero-order valence-electron chi connectivity index (χ0n) is 16.5. The Bertz CT molecular complexity index is 1020. The predicted octanol–water partition coefficient (Wildman–Crippen LogP) is 4.26. The number of piperidine rings is 1. The van der Waals surface area contributed by atoms with Crippen LogP contribution in [0.25, 0.3) is 0 Å². The molecule has 1 aliphatic rings. The van der Waals surface area contributed by atoms with Crippen molar-refractivity contribution in [3.8, 4) is 0 Å². The lowest BCUT2D eigenvalue weighted by Crippen LogP contribution is -2.34. The summed E-state index contributed by atoms with van der Waals surface area (Å²) in [5.74, 6) is -0.662. The summed E-state index contributed by atoms with van der Waals surface area (Å²) in [5.41, 5.74) is 2.35. The summed E-state index contributed by atoms with van der Waals surface area (Å²) < 4.78 is 31.9. The van der Waals surface area contributed by atoms with Crippen molar-refractivity contribution >= 4 is 5.91 Å². The summed E-state index contributed by atoms with van der Waals surface area (Å²) in [7, 11) is 0. The van der Waals surface area contributed by atoms with Crippen molar-refractivity contribution in [3.05, 3.63) is 88.8 Å². The lowest BCUT2D eigenvalue weighted by Gasteiger charge is -2.31. The van der Waals surface area contributed by atoms with Crippen LogP contribution in [0.5, 0.6) is 0 Å². The van der Waals surface area contributed by atoms with Crippen LogP contribution in [0.2, 0.25) is 0 Å². The molecule has 2 aromatic carbocycles. The lowest BCUT2D eigenvalue weighted by molar-refractivity contribution is 0.0913. The maximum Gasteiger partial charge on any atom is 0.290 e. The molecule has 0 aliphatic carbocycles. The van der Waals surface area contributed by atoms with Gasteiger partial charge in [0.1, 0.15) is 11.6 Å². The molecule has 1 N–H and O–H groups in total. The second-order valence-corrected chi connectivity index (χ2v) is 7.63. The maximum absolute atomic E-state index is 13.4. The number of nitrogens with one attached hydrogen (secondary N) is 1. The highest BCUT2D eigenvalue weighted by atomic mass is 19.1. The number of carbonyl (C=O) groups excluding carboxylic acids is 1. The van der Waals surface area contributed by atoms with Gasteiger partial charge in [-0.3, -0.25) is 9.69 Å². The Hall–Kier alpha value is -3.06. The molecule has 30 heavy (non-hydrogen) atoms. The van der Waals surface area contributed by atoms with Gasteiger partial charge in [0.25, 0.3) is 5.91 Å². The van der Waals surface area contributed by atoms with Crippen LogP contribution in [0.15, 0.2) is 59.1 Å². The number of likely N-dealkylation sites (tertiary alicyclic amines) is 1. The van der Waals surface area contributed by atoms with Gasteiger partial charge in [-0.1, -0.05) is 29.4 Å². The van der Waals surface area contributed by atoms with E-state index in [9.17, 15) is 13.6 Å². The van der Waals surface area contributed by atoms with Gasteiger partial charge in [0, 0.05) is 31.6 Å². The van der Waals surface area contributed by atoms with Gasteiger partial charge in [0.05, 0.1) is 5.69 Å². The van der Waals surface area contributed by atoms with Crippen LogP contribution in [0.3, 0.4) is 0 Å². The summed E-state index contributed by atoms with van der Waals surface area (Å²) in [6, 6.07) is 14.4. The van der Waals surface area contributed by atoms with Crippen LogP contribution >= 0.6 is 0 Å². The molecule has 1 atom stereocenters. The fourth-order valence-corrected chi connectivity index (χ4v) is 3.84. The molecule has 2 heterocycles. The number of hydrogen-bond acceptors (Lipinski definition) is 4. The molecule has 7 heteroatoms. The molecule has 1 amide bonds. The van der Waals surface area contributed by atoms with Crippen LogP contribution in [0, 0.1) is 11.6 Å². The normalized spacial score (nSPS) is 17.1. The second kappa shape index (κ2) is 9.17. The fourth-order valence-electron chi connectivity index (χ4n) is 3.84. The fraction of sp³-hybridized carbons (Fsp3) is 0.304. The van der Waals surface area contributed by atoms with Gasteiger partial charge in [-0.2, -0.15) is 0 Å². The number of amides is 1. The van der Waals surface area contributed by atoms with Gasteiger partial charge in [0.2, 0.25) is 5.76 Å². The summed E-state index contributed by atoms with van der Waals surface area (Å²) >= 11 is 0. The number of carbonyl (C=O) groups is 1. The number of rotatable bonds is 6. The van der Waals surface area contributed by atoms with E-state index in [1.165, 1.54) is 18.2 Å². The van der Waals surface area contributed by atoms with E-state index in [1.54, 1.807) is 30.3 Å². The summed E-state index contributed by atoms with van der Waals surface area (Å²) in [4.78, 5) is 14.6. The molecule has 1 fully saturated rings. The number of benzene rings is 2. The first-order valence-corrected chi connectivity index (χ1v) is 10.0. The molecule has 1 aromatic heterocycles. The molecule has 0 bridgehead atoms. The van der Waals surface area contributed by atoms with Crippen LogP contribution in [-0.4, -0.2) is 29.1 Å². The molecular formula is C23H23F2N3O2. The maximum atomic E-state index is 13.4. The number of aromatic nitrogens is 1. The van der Waals surface area contributed by atoms with Crippen LogP contribution in [0.4, 0.5) is 8.78 Å². The predicted molar refractivity (Wildman–Crippen MR) is 108 cm³/mol. The Morgan fingerprint density at radius 1 is 1.10 bits per heavy atom. The van der Waals surface area contributed by atoms with E-state index in [1.807, 2.05) is 6.07 Å². The van der Waals surface area contributed by atoms with Crippen molar-refractivity contribution in [2.75, 3.05) is 13.1 Å². The van der Waals surface area contributed by atoms with Crippen molar-refractivity contribution in [1.82, 2.24) is 15.4 Å². The first kappa shape index (κ1) is 20.2. The summed E-state index contributed by atoms with van der Waals surface area (Å²) in [5, 5.41) is 6.82. The van der Waals surface area contributed by atoms with E-state index in [0.29, 0.717) is 12.1 Å². The number of nitrogens with zero attached hydrogens (tertiary/aromatic N) is 2. The Kier molecular flexibility index (Phi) is 6.18. The van der Waals surface area contributed by atoms with Crippen LogP contribution < -0.4 is 5.32 Å². The van der Waals surface area contributed by atoms with E-state index >= 15 is 0 Å². The first-order chi connectivity index (χ1) is 14.6. The molecule has 0 radical (unpaired) electrons. The molecular weight excluding hydrogens is 388 g/mol. The SMILES string of the molecule is O=C(NCc1cccc(F)c1)c1cc(C2CCCN(Cc3cccc(F)c3)C2)no1. The number of halogens is 2. The third-order valence-electron chi connectivity index (χ3n) is 5.31. The van der Waals surface area contributed by atoms with Crippen molar-refractivity contribution in [3.63, 3.8) is 0 Å². The lowest BCUT2D eigenvalue weighted by atomic mass is 9.94. The highest BCUT2D eigenvalue weighted by Crippen LogP contribution is 2.27. The monoisotopic (exact) mass is 411 g/mol. The highest BCUT2D eigenvalue weighted by molar-refractivity contribution is 5.91. The van der Waals surface area contributed by atoms with Crippen LogP contribution in [0.1, 0.15) is 46.1 Å². The molecule has 3 aromatic rings. The molecule has 0 spiro atoms. The largest absolute Gasteiger partial charge is 0.351 e. The number of hydrogen-bond donors (Lipinski definition) is 1. The highest BCUT2D eigenvalue weighted by Gasteiger charge is 2.25. The van der Waals surface area contributed by atoms with Crippen molar-refractivity contribution < 1.29 is 18.1 Å². The molecule has 1 aliphatic heterocycles. The van der Waals surface area contributed by atoms with Crippen molar-refractivity contribution in [2.45, 2.75) is 31.8 Å². The second-order valence-electron chi connectivity index (χ2n) is 7.63. The van der Waals surface area contributed by atoms with Gasteiger partial charge in [-0.05, 0) is 54.8 Å². The molecule has 4 rings (SSSR count). The van der Waals surface area contributed by atoms with Gasteiger partial charge < -0.3 is 9.84 Å². The molecule has 156 valence electrons. The molecule has 5 nitrogen and oxygen atoms in total. The minimum Gasteiger partial charge on any atom is -0.351 e. The van der Waals surface area contributed by atoms with Gasteiger partial charge in [-0.15, -0.1) is 0 Å². The zero-order chi connectivity index (χ0) is 20.9. The average Bonchev–Trinajstić information content (AvgIpc) is 3.23. The molecule has 1 saturated heterocycles. The van der Waals surface area contributed by atoms with Gasteiger partial charge >= 0.3 is 0 Å². The van der Waals surface area contributed by atoms with E-state index in [2.05, 4.69) is 15.4 Å². The Morgan fingerprint density at radius 2 is 1.83 bits per heavy atom. The minimum atomic E-state index is -0.384. The van der Waals surface area contributed by atoms with Gasteiger partial charge in [-0.25, -0.2) is 8.78 Å². The van der Waals surface area contributed by atoms with E-state index in [4.69, 9.17) is 4.52 Å². The van der Waals surface area contributed by atoms with Gasteiger partial charge in [0.15, 0.2) is 0 Å². The van der Waals surface area contributed by atoms with Crippen LogP contribution in [-0.2, 0) is 13.1 Å². The molecule has 0 saturated carbocycles. The summed E-state index contributed by atoms with van der Waals surface area (Å²) in [6.45, 7) is 2.59. The Morgan fingerprint density at radius 3 is 2.60 bits per heavy atom. The topological polar surface area (TPSA) is 58.4 Å². The van der Waals surface area contributed by atoms with Crippen molar-refractivity contribution in [2.24, 2.45) is 0 Å². The average molecular weight is 411 g/mol. The minimum absolute atomic E-state index is 0.142. The standard InChI is InChI=1S/C23H23F2N3O2/c24-19-7-1-4-16(10-19)13-26-23(29)22-12-21(27-30-22)18-6-3-9-28(15-18)14-17-5-2-8-20(25)11-17/h1-2,4-5,7-8,10-12,18H,3,6,9,13-15H2,(H,26,29). The van der Waals surface area contributed by atoms with E-state index in [0.717, 1.165) is 37.2 Å². The third kappa shape index (κ3) is 5.10. The smallest absolute Gasteiger partial charge is 0.290 e. The summed E-state index contributed by atoms with van der Waals surface area (Å²) in [6.07, 6.45) is 1.95. The van der Waals surface area contributed by atoms with E-state index in [-0.39, 0.29) is 35.8 Å². The zero-order valence-corrected chi connectivity index (χ0v) is 16.5. The Balaban J connectivity index is 1.35. The third-order valence-corrected chi connectivity index (χ3v) is 5.31. The van der Waals surface area contributed by atoms with E-state index < -0.39 is 0 Å².